The van der Waals surface area contributed by atoms with Gasteiger partial charge in [0, 0.05) is 42.7 Å². The van der Waals surface area contributed by atoms with Crippen molar-refractivity contribution in [2.45, 2.75) is 44.2 Å². The van der Waals surface area contributed by atoms with Gasteiger partial charge in [0.15, 0.2) is 0 Å². The van der Waals surface area contributed by atoms with E-state index in [1.54, 1.807) is 0 Å². The third-order valence-corrected chi connectivity index (χ3v) is 5.72. The van der Waals surface area contributed by atoms with Gasteiger partial charge in [-0.1, -0.05) is 23.4 Å². The number of carbonyl (C=O) groups is 1. The maximum Gasteiger partial charge on any atom is 0.290 e. The number of rotatable bonds is 5. The number of nitrogens with zero attached hydrogens (tertiary/aromatic N) is 3. The molecule has 0 radical (unpaired) electrons. The summed E-state index contributed by atoms with van der Waals surface area (Å²) in [6, 6.07) is 12.5. The summed E-state index contributed by atoms with van der Waals surface area (Å²) in [5, 5.41) is 8.38. The van der Waals surface area contributed by atoms with Crippen LogP contribution in [0.4, 0.5) is 0 Å². The molecule has 6 heteroatoms. The number of aromatic nitrogens is 2. The normalized spacial score (nSPS) is 20.4. The molecule has 1 atom stereocenters. The van der Waals surface area contributed by atoms with Crippen molar-refractivity contribution >= 4 is 16.8 Å². The molecule has 0 spiro atoms. The molecule has 2 fully saturated rings. The van der Waals surface area contributed by atoms with Gasteiger partial charge in [-0.15, -0.1) is 0 Å². The largest absolute Gasteiger partial charge is 0.351 e. The zero-order valence-corrected chi connectivity index (χ0v) is 15.8. The van der Waals surface area contributed by atoms with Crippen molar-refractivity contribution in [2.75, 3.05) is 13.1 Å². The minimum Gasteiger partial charge on any atom is -0.351 e. The van der Waals surface area contributed by atoms with Gasteiger partial charge < -0.3 is 9.84 Å². The molecule has 2 aliphatic rings. The molecule has 0 bridgehead atoms. The Morgan fingerprint density at radius 1 is 1.21 bits per heavy atom. The third kappa shape index (κ3) is 3.64. The standard InChI is InChI=1S/C22H24N4O2/c27-22(24-17-7-8-17)21-12-20(25-28-21)16-4-3-11-26(14-16)13-15-9-10-23-19-6-2-1-5-18(15)19/h1-2,5-6,9-10,12,16-17H,3-4,7-8,11,13-14H2,(H,24,27). The van der Waals surface area contributed by atoms with E-state index < -0.39 is 0 Å². The van der Waals surface area contributed by atoms with Crippen molar-refractivity contribution < 1.29 is 9.32 Å². The smallest absolute Gasteiger partial charge is 0.290 e. The second-order valence-corrected chi connectivity index (χ2v) is 7.93. The number of nitrogens with one attached hydrogen (secondary N) is 1. The molecule has 3 aromatic rings. The van der Waals surface area contributed by atoms with Gasteiger partial charge in [0.2, 0.25) is 5.76 Å². The van der Waals surface area contributed by atoms with Gasteiger partial charge in [-0.3, -0.25) is 14.7 Å². The summed E-state index contributed by atoms with van der Waals surface area (Å²) < 4.78 is 5.33. The monoisotopic (exact) mass is 376 g/mol. The number of benzene rings is 1. The molecule has 1 saturated carbocycles. The van der Waals surface area contributed by atoms with Crippen LogP contribution in [0.1, 0.15) is 53.4 Å². The number of pyridine rings is 1. The maximum absolute atomic E-state index is 12.2. The lowest BCUT2D eigenvalue weighted by Gasteiger charge is -2.32. The maximum atomic E-state index is 12.2. The van der Waals surface area contributed by atoms with E-state index in [-0.39, 0.29) is 5.91 Å². The summed E-state index contributed by atoms with van der Waals surface area (Å²) in [6.45, 7) is 2.89. The molecule has 3 heterocycles. The number of para-hydroxylation sites is 1. The Balaban J connectivity index is 1.28. The van der Waals surface area contributed by atoms with Crippen LogP contribution in [-0.4, -0.2) is 40.1 Å². The summed E-state index contributed by atoms with van der Waals surface area (Å²) in [5.74, 6) is 0.490. The van der Waals surface area contributed by atoms with Gasteiger partial charge in [0.1, 0.15) is 0 Å². The van der Waals surface area contributed by atoms with Crippen molar-refractivity contribution in [3.63, 3.8) is 0 Å². The number of hydrogen-bond donors (Lipinski definition) is 1. The Morgan fingerprint density at radius 2 is 2.11 bits per heavy atom. The summed E-state index contributed by atoms with van der Waals surface area (Å²) in [7, 11) is 0. The van der Waals surface area contributed by atoms with Crippen LogP contribution >= 0.6 is 0 Å². The number of carbonyl (C=O) groups excluding carboxylic acids is 1. The molecule has 1 N–H and O–H groups in total. The molecular weight excluding hydrogens is 352 g/mol. The fourth-order valence-electron chi connectivity index (χ4n) is 4.05. The number of amides is 1. The van der Waals surface area contributed by atoms with Gasteiger partial charge in [0.25, 0.3) is 5.91 Å². The van der Waals surface area contributed by atoms with E-state index in [0.717, 1.165) is 56.5 Å². The van der Waals surface area contributed by atoms with Crippen molar-refractivity contribution in [3.8, 4) is 0 Å². The quantitative estimate of drug-likeness (QED) is 0.738. The topological polar surface area (TPSA) is 71.3 Å². The van der Waals surface area contributed by atoms with E-state index >= 15 is 0 Å². The lowest BCUT2D eigenvalue weighted by atomic mass is 9.94. The Hall–Kier alpha value is -2.73. The predicted molar refractivity (Wildman–Crippen MR) is 106 cm³/mol. The van der Waals surface area contributed by atoms with Crippen LogP contribution in [0.15, 0.2) is 47.1 Å². The van der Waals surface area contributed by atoms with Crippen LogP contribution in [0.2, 0.25) is 0 Å². The molecule has 1 aliphatic carbocycles. The molecule has 1 amide bonds. The highest BCUT2D eigenvalue weighted by molar-refractivity contribution is 5.91. The van der Waals surface area contributed by atoms with E-state index in [2.05, 4.69) is 44.6 Å². The highest BCUT2D eigenvalue weighted by Gasteiger charge is 2.28. The van der Waals surface area contributed by atoms with E-state index in [9.17, 15) is 4.79 Å². The van der Waals surface area contributed by atoms with E-state index in [1.165, 1.54) is 10.9 Å². The second-order valence-electron chi connectivity index (χ2n) is 7.93. The van der Waals surface area contributed by atoms with Crippen molar-refractivity contribution in [1.82, 2.24) is 20.4 Å². The highest BCUT2D eigenvalue weighted by Crippen LogP contribution is 2.29. The van der Waals surface area contributed by atoms with Crippen molar-refractivity contribution in [2.24, 2.45) is 0 Å². The van der Waals surface area contributed by atoms with Gasteiger partial charge >= 0.3 is 0 Å². The second kappa shape index (κ2) is 7.36. The van der Waals surface area contributed by atoms with Gasteiger partial charge in [0.05, 0.1) is 11.2 Å². The zero-order valence-electron chi connectivity index (χ0n) is 15.8. The predicted octanol–water partition coefficient (Wildman–Crippen LogP) is 3.49. The summed E-state index contributed by atoms with van der Waals surface area (Å²) in [5.41, 5.74) is 3.23. The van der Waals surface area contributed by atoms with Crippen LogP contribution in [0, 0.1) is 0 Å². The first-order chi connectivity index (χ1) is 13.8. The SMILES string of the molecule is O=C(NC1CC1)c1cc(C2CCCN(Cc3ccnc4ccccc34)C2)no1. The van der Waals surface area contributed by atoms with Crippen LogP contribution < -0.4 is 5.32 Å². The molecule has 6 nitrogen and oxygen atoms in total. The van der Waals surface area contributed by atoms with E-state index in [4.69, 9.17) is 4.52 Å². The zero-order chi connectivity index (χ0) is 18.9. The molecule has 144 valence electrons. The lowest BCUT2D eigenvalue weighted by Crippen LogP contribution is -2.34. The molecule has 1 saturated heterocycles. The Bertz CT molecular complexity index is 990. The Labute approximate surface area is 163 Å². The third-order valence-electron chi connectivity index (χ3n) is 5.72. The average molecular weight is 376 g/mol. The van der Waals surface area contributed by atoms with Gasteiger partial charge in [-0.25, -0.2) is 0 Å². The fourth-order valence-corrected chi connectivity index (χ4v) is 4.05. The average Bonchev–Trinajstić information content (AvgIpc) is 3.40. The Kier molecular flexibility index (Phi) is 4.56. The first-order valence-corrected chi connectivity index (χ1v) is 10.1. The summed E-state index contributed by atoms with van der Waals surface area (Å²) >= 11 is 0. The first kappa shape index (κ1) is 17.4. The number of piperidine rings is 1. The number of hydrogen-bond acceptors (Lipinski definition) is 5. The molecule has 5 rings (SSSR count). The minimum absolute atomic E-state index is 0.142. The Morgan fingerprint density at radius 3 is 3.00 bits per heavy atom. The minimum atomic E-state index is -0.142. The fraction of sp³-hybridized carbons (Fsp3) is 0.409. The molecular formula is C22H24N4O2. The van der Waals surface area contributed by atoms with Crippen LogP contribution in [0.5, 0.6) is 0 Å². The highest BCUT2D eigenvalue weighted by atomic mass is 16.5. The first-order valence-electron chi connectivity index (χ1n) is 10.1. The summed E-state index contributed by atoms with van der Waals surface area (Å²) in [6.07, 6.45) is 6.21. The van der Waals surface area contributed by atoms with Gasteiger partial charge in [-0.05, 0) is 49.9 Å². The van der Waals surface area contributed by atoms with E-state index in [0.29, 0.717) is 17.7 Å². The molecule has 1 aromatic carbocycles. The van der Waals surface area contributed by atoms with Crippen LogP contribution in [0.25, 0.3) is 10.9 Å². The summed E-state index contributed by atoms with van der Waals surface area (Å²) in [4.78, 5) is 19.1. The van der Waals surface area contributed by atoms with Crippen LogP contribution in [-0.2, 0) is 6.54 Å². The number of fused-ring (bicyclic) bond motifs is 1. The lowest BCUT2D eigenvalue weighted by molar-refractivity contribution is 0.0914. The molecule has 1 aliphatic heterocycles. The van der Waals surface area contributed by atoms with Gasteiger partial charge in [-0.2, -0.15) is 0 Å². The molecule has 2 aromatic heterocycles. The molecule has 1 unspecified atom stereocenters. The van der Waals surface area contributed by atoms with Crippen LogP contribution in [0.3, 0.4) is 0 Å². The number of likely N-dealkylation sites (tertiary alicyclic amines) is 1. The van der Waals surface area contributed by atoms with Crippen molar-refractivity contribution in [3.05, 3.63) is 59.6 Å². The molecule has 28 heavy (non-hydrogen) atoms. The van der Waals surface area contributed by atoms with Crippen molar-refractivity contribution in [1.29, 1.82) is 0 Å². The van der Waals surface area contributed by atoms with E-state index in [1.807, 2.05) is 18.3 Å².